The largest absolute Gasteiger partial charge is 0.477 e. The van der Waals surface area contributed by atoms with Crippen molar-refractivity contribution in [3.63, 3.8) is 0 Å². The number of rotatable bonds is 3. The average Bonchev–Trinajstić information content (AvgIpc) is 2.42. The zero-order chi connectivity index (χ0) is 10.9. The first-order valence-corrected chi connectivity index (χ1v) is 4.05. The fourth-order valence-electron chi connectivity index (χ4n) is 1.41. The third kappa shape index (κ3) is 1.46. The number of hydrogen-bond donors (Lipinski definition) is 1. The lowest BCUT2D eigenvalue weighted by molar-refractivity contribution is -0.385. The summed E-state index contributed by atoms with van der Waals surface area (Å²) in [4.78, 5) is 20.7. The van der Waals surface area contributed by atoms with Crippen molar-refractivity contribution >= 4 is 11.7 Å². The van der Waals surface area contributed by atoms with Crippen molar-refractivity contribution in [2.75, 3.05) is 0 Å². The zero-order valence-corrected chi connectivity index (χ0v) is 7.85. The molecular weight excluding hydrogens is 188 g/mol. The third-order valence-corrected chi connectivity index (χ3v) is 2.09. The van der Waals surface area contributed by atoms with Crippen molar-refractivity contribution < 1.29 is 14.8 Å². The van der Waals surface area contributed by atoms with E-state index in [0.29, 0.717) is 12.1 Å². The third-order valence-electron chi connectivity index (χ3n) is 2.09. The number of nitrogens with zero attached hydrogens (tertiary/aromatic N) is 2. The zero-order valence-electron chi connectivity index (χ0n) is 7.85. The minimum Gasteiger partial charge on any atom is -0.477 e. The molecule has 1 aromatic rings. The molecule has 1 N–H and O–H groups in total. The molecule has 0 aliphatic rings. The molecule has 1 aromatic heterocycles. The maximum atomic E-state index is 10.7. The minimum absolute atomic E-state index is 0.0615. The first-order chi connectivity index (χ1) is 6.49. The number of hydrogen-bond acceptors (Lipinski definition) is 3. The smallest absolute Gasteiger partial charge is 0.352 e. The number of carboxylic acids is 1. The van der Waals surface area contributed by atoms with Gasteiger partial charge in [-0.25, -0.2) is 4.79 Å². The molecule has 0 spiro atoms. The normalized spacial score (nSPS) is 10.1. The van der Waals surface area contributed by atoms with Crippen LogP contribution in [0, 0.1) is 10.1 Å². The molecule has 0 amide bonds. The van der Waals surface area contributed by atoms with Crippen LogP contribution in [0.3, 0.4) is 0 Å². The van der Waals surface area contributed by atoms with Crippen molar-refractivity contribution in [3.8, 4) is 0 Å². The van der Waals surface area contributed by atoms with Gasteiger partial charge in [-0.2, -0.15) is 0 Å². The van der Waals surface area contributed by atoms with E-state index in [1.807, 2.05) is 0 Å². The number of carbonyl (C=O) groups is 1. The van der Waals surface area contributed by atoms with E-state index in [1.54, 1.807) is 6.92 Å². The number of aromatic carboxylic acids is 1. The fourth-order valence-corrected chi connectivity index (χ4v) is 1.41. The molecule has 0 atom stereocenters. The summed E-state index contributed by atoms with van der Waals surface area (Å²) in [5, 5.41) is 19.3. The number of nitro groups is 1. The van der Waals surface area contributed by atoms with E-state index in [-0.39, 0.29) is 11.4 Å². The second-order valence-corrected chi connectivity index (χ2v) is 2.84. The van der Waals surface area contributed by atoms with Crippen LogP contribution >= 0.6 is 0 Å². The van der Waals surface area contributed by atoms with Crippen LogP contribution in [0.2, 0.25) is 0 Å². The lowest BCUT2D eigenvalue weighted by atomic mass is 10.3. The Morgan fingerprint density at radius 1 is 1.71 bits per heavy atom. The van der Waals surface area contributed by atoms with Crippen LogP contribution in [0.1, 0.15) is 23.1 Å². The molecule has 1 rings (SSSR count). The van der Waals surface area contributed by atoms with Gasteiger partial charge in [0.15, 0.2) is 0 Å². The molecule has 0 bridgehead atoms. The van der Waals surface area contributed by atoms with Crippen LogP contribution in [-0.2, 0) is 13.5 Å². The first-order valence-electron chi connectivity index (χ1n) is 4.05. The fraction of sp³-hybridized carbons (Fsp3) is 0.375. The molecule has 6 heteroatoms. The minimum atomic E-state index is -1.16. The summed E-state index contributed by atoms with van der Waals surface area (Å²) in [7, 11) is 1.51. The maximum Gasteiger partial charge on any atom is 0.352 e. The molecule has 0 saturated carbocycles. The lowest BCUT2D eigenvalue weighted by Crippen LogP contribution is -2.06. The van der Waals surface area contributed by atoms with Crippen LogP contribution in [0.4, 0.5) is 5.69 Å². The van der Waals surface area contributed by atoms with Crippen LogP contribution < -0.4 is 0 Å². The highest BCUT2D eigenvalue weighted by Crippen LogP contribution is 2.23. The monoisotopic (exact) mass is 198 g/mol. The van der Waals surface area contributed by atoms with Gasteiger partial charge in [-0.1, -0.05) is 6.92 Å². The van der Waals surface area contributed by atoms with E-state index in [0.717, 1.165) is 6.07 Å². The molecule has 0 aliphatic heterocycles. The average molecular weight is 198 g/mol. The molecule has 14 heavy (non-hydrogen) atoms. The van der Waals surface area contributed by atoms with Gasteiger partial charge in [-0.3, -0.25) is 10.1 Å². The predicted molar refractivity (Wildman–Crippen MR) is 48.4 cm³/mol. The molecule has 0 saturated heterocycles. The SMILES string of the molecule is CCc1c([N+](=O)[O-])cc(C(=O)O)n1C. The van der Waals surface area contributed by atoms with Crippen molar-refractivity contribution in [2.45, 2.75) is 13.3 Å². The maximum absolute atomic E-state index is 10.7. The summed E-state index contributed by atoms with van der Waals surface area (Å²) in [6.07, 6.45) is 0.431. The highest BCUT2D eigenvalue weighted by atomic mass is 16.6. The molecular formula is C8H10N2O4. The summed E-state index contributed by atoms with van der Waals surface area (Å²) in [5.74, 6) is -1.16. The highest BCUT2D eigenvalue weighted by Gasteiger charge is 2.23. The molecule has 0 unspecified atom stereocenters. The topological polar surface area (TPSA) is 85.4 Å². The lowest BCUT2D eigenvalue weighted by Gasteiger charge is -2.00. The van der Waals surface area contributed by atoms with Gasteiger partial charge < -0.3 is 9.67 Å². The molecule has 0 radical (unpaired) electrons. The van der Waals surface area contributed by atoms with Gasteiger partial charge in [0, 0.05) is 13.1 Å². The summed E-state index contributed by atoms with van der Waals surface area (Å²) in [5.41, 5.74) is 0.230. The molecule has 1 heterocycles. The molecule has 76 valence electrons. The Morgan fingerprint density at radius 3 is 2.57 bits per heavy atom. The Labute approximate surface area is 79.9 Å². The first kappa shape index (κ1) is 10.2. The van der Waals surface area contributed by atoms with E-state index in [2.05, 4.69) is 0 Å². The van der Waals surface area contributed by atoms with Crippen LogP contribution in [-0.4, -0.2) is 20.6 Å². The van der Waals surface area contributed by atoms with Crippen molar-refractivity contribution in [2.24, 2.45) is 7.05 Å². The summed E-state index contributed by atoms with van der Waals surface area (Å²) < 4.78 is 1.33. The van der Waals surface area contributed by atoms with Gasteiger partial charge in [0.25, 0.3) is 5.69 Å². The van der Waals surface area contributed by atoms with E-state index in [1.165, 1.54) is 11.6 Å². The Morgan fingerprint density at radius 2 is 2.29 bits per heavy atom. The van der Waals surface area contributed by atoms with E-state index < -0.39 is 10.9 Å². The van der Waals surface area contributed by atoms with Crippen molar-refractivity contribution in [1.82, 2.24) is 4.57 Å². The number of carboxylic acid groups (broad SMARTS) is 1. The quantitative estimate of drug-likeness (QED) is 0.584. The predicted octanol–water partition coefficient (Wildman–Crippen LogP) is 1.19. The van der Waals surface area contributed by atoms with Crippen LogP contribution in [0.5, 0.6) is 0 Å². The second-order valence-electron chi connectivity index (χ2n) is 2.84. The van der Waals surface area contributed by atoms with Gasteiger partial charge in [0.2, 0.25) is 0 Å². The Balaban J connectivity index is 3.39. The Bertz CT molecular complexity index is 394. The van der Waals surface area contributed by atoms with Gasteiger partial charge in [-0.15, -0.1) is 0 Å². The van der Waals surface area contributed by atoms with Gasteiger partial charge in [0.1, 0.15) is 5.69 Å². The second kappa shape index (κ2) is 3.49. The highest BCUT2D eigenvalue weighted by molar-refractivity contribution is 5.87. The van der Waals surface area contributed by atoms with E-state index in [4.69, 9.17) is 5.11 Å². The summed E-state index contributed by atoms with van der Waals surface area (Å²) in [6.45, 7) is 1.74. The van der Waals surface area contributed by atoms with Gasteiger partial charge >= 0.3 is 5.97 Å². The summed E-state index contributed by atoms with van der Waals surface area (Å²) >= 11 is 0. The van der Waals surface area contributed by atoms with Crippen LogP contribution in [0.25, 0.3) is 0 Å². The Hall–Kier alpha value is -1.85. The number of aromatic nitrogens is 1. The summed E-state index contributed by atoms with van der Waals surface area (Å²) in [6, 6.07) is 1.08. The van der Waals surface area contributed by atoms with Crippen LogP contribution in [0.15, 0.2) is 6.07 Å². The molecule has 0 aromatic carbocycles. The Kier molecular flexibility index (Phi) is 2.55. The van der Waals surface area contributed by atoms with Crippen molar-refractivity contribution in [1.29, 1.82) is 0 Å². The van der Waals surface area contributed by atoms with Gasteiger partial charge in [0.05, 0.1) is 10.6 Å². The van der Waals surface area contributed by atoms with E-state index >= 15 is 0 Å². The standard InChI is InChI=1S/C8H10N2O4/c1-3-5-6(10(13)14)4-7(8(11)12)9(5)2/h4H,3H2,1-2H3,(H,11,12). The van der Waals surface area contributed by atoms with Gasteiger partial charge in [-0.05, 0) is 6.42 Å². The molecule has 0 fully saturated rings. The van der Waals surface area contributed by atoms with Crippen molar-refractivity contribution in [3.05, 3.63) is 27.6 Å². The molecule has 6 nitrogen and oxygen atoms in total. The van der Waals surface area contributed by atoms with E-state index in [9.17, 15) is 14.9 Å². The molecule has 0 aliphatic carbocycles.